The van der Waals surface area contributed by atoms with Crippen LogP contribution in [0, 0.1) is 0 Å². The molecule has 1 heterocycles. The maximum absolute atomic E-state index is 12.6. The lowest BCUT2D eigenvalue weighted by atomic mass is 10.1. The first-order valence-corrected chi connectivity index (χ1v) is 6.85. The topological polar surface area (TPSA) is 76.1 Å². The van der Waals surface area contributed by atoms with Crippen molar-refractivity contribution in [3.63, 3.8) is 0 Å². The van der Waals surface area contributed by atoms with Gasteiger partial charge in [-0.1, -0.05) is 18.2 Å². The first-order chi connectivity index (χ1) is 10.1. The third-order valence-electron chi connectivity index (χ3n) is 3.67. The number of nitrogens with zero attached hydrogens (tertiary/aromatic N) is 1. The zero-order valence-corrected chi connectivity index (χ0v) is 12.1. The summed E-state index contributed by atoms with van der Waals surface area (Å²) in [7, 11) is 1.43. The van der Waals surface area contributed by atoms with E-state index in [9.17, 15) is 14.7 Å². The Balaban J connectivity index is 2.41. The SMILES string of the molecule is CCOC1(C(=O)O)C(OC)CCN1C(=O)c1ccccc1. The molecule has 1 N–H and O–H groups in total. The highest BCUT2D eigenvalue weighted by Gasteiger charge is 2.58. The van der Waals surface area contributed by atoms with Crippen molar-refractivity contribution in [3.8, 4) is 0 Å². The fourth-order valence-corrected chi connectivity index (χ4v) is 2.75. The number of methoxy groups -OCH3 is 1. The van der Waals surface area contributed by atoms with E-state index in [1.807, 2.05) is 0 Å². The molecule has 1 aliphatic heterocycles. The molecule has 6 heteroatoms. The Kier molecular flexibility index (Phi) is 4.59. The molecule has 1 aromatic rings. The molecule has 21 heavy (non-hydrogen) atoms. The second-order valence-electron chi connectivity index (χ2n) is 4.77. The maximum atomic E-state index is 12.6. The molecule has 1 aliphatic rings. The Morgan fingerprint density at radius 3 is 2.57 bits per heavy atom. The van der Waals surface area contributed by atoms with E-state index in [2.05, 4.69) is 0 Å². The summed E-state index contributed by atoms with van der Waals surface area (Å²) in [5.74, 6) is -1.58. The second-order valence-corrected chi connectivity index (χ2v) is 4.77. The van der Waals surface area contributed by atoms with Crippen molar-refractivity contribution in [1.82, 2.24) is 4.90 Å². The highest BCUT2D eigenvalue weighted by Crippen LogP contribution is 2.34. The van der Waals surface area contributed by atoms with Gasteiger partial charge in [0, 0.05) is 25.8 Å². The number of likely N-dealkylation sites (tertiary alicyclic amines) is 1. The van der Waals surface area contributed by atoms with Crippen LogP contribution in [-0.4, -0.2) is 54.0 Å². The number of ether oxygens (including phenoxy) is 2. The van der Waals surface area contributed by atoms with Crippen LogP contribution < -0.4 is 0 Å². The molecule has 0 spiro atoms. The van der Waals surface area contributed by atoms with Gasteiger partial charge in [-0.05, 0) is 25.5 Å². The van der Waals surface area contributed by atoms with Gasteiger partial charge in [0.2, 0.25) is 0 Å². The Labute approximate surface area is 123 Å². The summed E-state index contributed by atoms with van der Waals surface area (Å²) in [6.45, 7) is 2.14. The van der Waals surface area contributed by atoms with Gasteiger partial charge in [0.05, 0.1) is 0 Å². The van der Waals surface area contributed by atoms with Crippen molar-refractivity contribution >= 4 is 11.9 Å². The first kappa shape index (κ1) is 15.5. The second kappa shape index (κ2) is 6.24. The van der Waals surface area contributed by atoms with E-state index >= 15 is 0 Å². The van der Waals surface area contributed by atoms with Gasteiger partial charge in [0.15, 0.2) is 0 Å². The summed E-state index contributed by atoms with van der Waals surface area (Å²) in [6.07, 6.45) is -0.274. The van der Waals surface area contributed by atoms with Crippen LogP contribution in [0.15, 0.2) is 30.3 Å². The number of carboxylic acids is 1. The largest absolute Gasteiger partial charge is 0.478 e. The monoisotopic (exact) mass is 293 g/mol. The van der Waals surface area contributed by atoms with Crippen molar-refractivity contribution in [2.45, 2.75) is 25.2 Å². The van der Waals surface area contributed by atoms with Crippen LogP contribution in [-0.2, 0) is 14.3 Å². The standard InChI is InChI=1S/C15H19NO5/c1-3-21-15(14(18)19)12(20-2)9-10-16(15)13(17)11-7-5-4-6-8-11/h4-8,12H,3,9-10H2,1-2H3,(H,18,19). The predicted molar refractivity (Wildman–Crippen MR) is 74.9 cm³/mol. The number of carbonyl (C=O) groups is 2. The summed E-state index contributed by atoms with van der Waals surface area (Å²) in [4.78, 5) is 25.7. The minimum absolute atomic E-state index is 0.171. The van der Waals surface area contributed by atoms with Gasteiger partial charge in [-0.15, -0.1) is 0 Å². The van der Waals surface area contributed by atoms with Crippen LogP contribution >= 0.6 is 0 Å². The molecule has 0 radical (unpaired) electrons. The van der Waals surface area contributed by atoms with Crippen molar-refractivity contribution < 1.29 is 24.2 Å². The van der Waals surface area contributed by atoms with Gasteiger partial charge in [-0.2, -0.15) is 0 Å². The number of amides is 1. The van der Waals surface area contributed by atoms with E-state index in [-0.39, 0.29) is 19.1 Å². The number of hydrogen-bond donors (Lipinski definition) is 1. The Hall–Kier alpha value is -1.92. The highest BCUT2D eigenvalue weighted by molar-refractivity contribution is 5.98. The summed E-state index contributed by atoms with van der Waals surface area (Å²) < 4.78 is 10.7. The van der Waals surface area contributed by atoms with Gasteiger partial charge in [-0.3, -0.25) is 9.69 Å². The predicted octanol–water partition coefficient (Wildman–Crippen LogP) is 1.36. The molecule has 0 bridgehead atoms. The fraction of sp³-hybridized carbons (Fsp3) is 0.467. The molecule has 0 aliphatic carbocycles. The minimum atomic E-state index is -1.77. The van der Waals surface area contributed by atoms with Crippen LogP contribution in [0.3, 0.4) is 0 Å². The molecule has 0 aromatic heterocycles. The zero-order chi connectivity index (χ0) is 15.5. The van der Waals surface area contributed by atoms with Gasteiger partial charge >= 0.3 is 5.97 Å². The lowest BCUT2D eigenvalue weighted by Gasteiger charge is -2.37. The fourth-order valence-electron chi connectivity index (χ4n) is 2.75. The molecule has 1 aromatic carbocycles. The van der Waals surface area contributed by atoms with Gasteiger partial charge < -0.3 is 14.6 Å². The number of benzene rings is 1. The molecule has 6 nitrogen and oxygen atoms in total. The van der Waals surface area contributed by atoms with E-state index in [1.165, 1.54) is 12.0 Å². The Morgan fingerprint density at radius 1 is 1.38 bits per heavy atom. The van der Waals surface area contributed by atoms with E-state index < -0.39 is 17.8 Å². The molecular formula is C15H19NO5. The smallest absolute Gasteiger partial charge is 0.360 e. The molecule has 2 atom stereocenters. The Morgan fingerprint density at radius 2 is 2.05 bits per heavy atom. The molecule has 1 amide bonds. The van der Waals surface area contributed by atoms with Crippen molar-refractivity contribution in [3.05, 3.63) is 35.9 Å². The highest BCUT2D eigenvalue weighted by atomic mass is 16.6. The average molecular weight is 293 g/mol. The van der Waals surface area contributed by atoms with Crippen molar-refractivity contribution in [1.29, 1.82) is 0 Å². The van der Waals surface area contributed by atoms with Crippen LogP contribution in [0.25, 0.3) is 0 Å². The Bertz CT molecular complexity index is 518. The van der Waals surface area contributed by atoms with Crippen molar-refractivity contribution in [2.75, 3.05) is 20.3 Å². The quantitative estimate of drug-likeness (QED) is 0.887. The van der Waals surface area contributed by atoms with E-state index in [4.69, 9.17) is 9.47 Å². The number of hydrogen-bond acceptors (Lipinski definition) is 4. The lowest BCUT2D eigenvalue weighted by Crippen LogP contribution is -2.60. The molecule has 0 saturated carbocycles. The van der Waals surface area contributed by atoms with Crippen molar-refractivity contribution in [2.24, 2.45) is 0 Å². The minimum Gasteiger partial charge on any atom is -0.478 e. The zero-order valence-electron chi connectivity index (χ0n) is 12.1. The molecule has 1 saturated heterocycles. The number of rotatable bonds is 5. The third kappa shape index (κ3) is 2.52. The van der Waals surface area contributed by atoms with Gasteiger partial charge in [-0.25, -0.2) is 4.79 Å². The van der Waals surface area contributed by atoms with E-state index in [0.717, 1.165) is 0 Å². The van der Waals surface area contributed by atoms with Gasteiger partial charge in [0.25, 0.3) is 11.6 Å². The average Bonchev–Trinajstić information content (AvgIpc) is 2.87. The summed E-state index contributed by atoms with van der Waals surface area (Å²) in [5, 5.41) is 9.66. The normalized spacial score (nSPS) is 25.0. The number of carboxylic acid groups (broad SMARTS) is 1. The van der Waals surface area contributed by atoms with Gasteiger partial charge in [0.1, 0.15) is 6.10 Å². The number of aliphatic carboxylic acids is 1. The molecule has 2 rings (SSSR count). The van der Waals surface area contributed by atoms with Crippen LogP contribution in [0.1, 0.15) is 23.7 Å². The third-order valence-corrected chi connectivity index (χ3v) is 3.67. The van der Waals surface area contributed by atoms with E-state index in [1.54, 1.807) is 37.3 Å². The lowest BCUT2D eigenvalue weighted by molar-refractivity contribution is -0.204. The van der Waals surface area contributed by atoms with Crippen LogP contribution in [0.2, 0.25) is 0 Å². The molecule has 114 valence electrons. The maximum Gasteiger partial charge on any atom is 0.360 e. The van der Waals surface area contributed by atoms with Crippen LogP contribution in [0.4, 0.5) is 0 Å². The summed E-state index contributed by atoms with van der Waals surface area (Å²) in [5.41, 5.74) is -1.34. The molecule has 2 unspecified atom stereocenters. The summed E-state index contributed by atoms with van der Waals surface area (Å²) >= 11 is 0. The molecular weight excluding hydrogens is 274 g/mol. The van der Waals surface area contributed by atoms with Crippen LogP contribution in [0.5, 0.6) is 0 Å². The summed E-state index contributed by atoms with van der Waals surface area (Å²) in [6, 6.07) is 8.58. The number of carbonyl (C=O) groups excluding carboxylic acids is 1. The molecule has 1 fully saturated rings. The first-order valence-electron chi connectivity index (χ1n) is 6.85. The van der Waals surface area contributed by atoms with E-state index in [0.29, 0.717) is 12.0 Å².